The molecule has 1 heterocycles. The third-order valence-electron chi connectivity index (χ3n) is 5.35. The minimum absolute atomic E-state index is 0.0936. The molecule has 1 aliphatic carbocycles. The van der Waals surface area contributed by atoms with Crippen LogP contribution in [0, 0.1) is 5.92 Å². The zero-order valence-electron chi connectivity index (χ0n) is 14.6. The van der Waals surface area contributed by atoms with Gasteiger partial charge in [0.15, 0.2) is 0 Å². The van der Waals surface area contributed by atoms with Gasteiger partial charge in [0, 0.05) is 56.5 Å². The third kappa shape index (κ3) is 3.52. The van der Waals surface area contributed by atoms with E-state index in [2.05, 4.69) is 4.90 Å². The van der Waals surface area contributed by atoms with Crippen LogP contribution in [-0.4, -0.2) is 48.7 Å². The number of primary amides is 1. The molecule has 1 saturated carbocycles. The summed E-state index contributed by atoms with van der Waals surface area (Å²) in [5.74, 6) is -0.729. The van der Waals surface area contributed by atoms with Crippen LogP contribution in [0.15, 0.2) is 24.3 Å². The number of anilines is 1. The van der Waals surface area contributed by atoms with Crippen LogP contribution in [0.25, 0.3) is 0 Å². The number of Topliss-reactive ketones (excluding diaryl/α,β-unsaturated/α-hetero) is 1. The highest BCUT2D eigenvalue weighted by atomic mass is 16.2. The lowest BCUT2D eigenvalue weighted by Crippen LogP contribution is -2.49. The fourth-order valence-corrected chi connectivity index (χ4v) is 3.89. The minimum atomic E-state index is -0.389. The van der Waals surface area contributed by atoms with Gasteiger partial charge in [0.25, 0.3) is 0 Å². The Morgan fingerprint density at radius 2 is 1.84 bits per heavy atom. The molecular formula is C19H25N3O3. The number of rotatable bonds is 4. The topological polar surface area (TPSA) is 83.7 Å². The molecular weight excluding hydrogens is 318 g/mol. The van der Waals surface area contributed by atoms with E-state index >= 15 is 0 Å². The summed E-state index contributed by atoms with van der Waals surface area (Å²) in [7, 11) is 0. The molecule has 0 bridgehead atoms. The van der Waals surface area contributed by atoms with Crippen LogP contribution in [0.5, 0.6) is 0 Å². The summed E-state index contributed by atoms with van der Waals surface area (Å²) in [4.78, 5) is 39.9. The normalized spacial score (nSPS) is 23.8. The summed E-state index contributed by atoms with van der Waals surface area (Å²) in [6.45, 7) is 4.78. The lowest BCUT2D eigenvalue weighted by atomic mass is 9.93. The van der Waals surface area contributed by atoms with Crippen molar-refractivity contribution in [2.24, 2.45) is 11.7 Å². The van der Waals surface area contributed by atoms with Gasteiger partial charge in [-0.2, -0.15) is 0 Å². The number of para-hydroxylation sites is 1. The Labute approximate surface area is 148 Å². The van der Waals surface area contributed by atoms with Crippen molar-refractivity contribution in [3.8, 4) is 0 Å². The number of hydrogen-bond donors (Lipinski definition) is 1. The van der Waals surface area contributed by atoms with E-state index in [1.54, 1.807) is 0 Å². The summed E-state index contributed by atoms with van der Waals surface area (Å²) in [5.41, 5.74) is 7.41. The second-order valence-electron chi connectivity index (χ2n) is 6.84. The lowest BCUT2D eigenvalue weighted by Gasteiger charge is -2.37. The van der Waals surface area contributed by atoms with Gasteiger partial charge >= 0.3 is 0 Å². The van der Waals surface area contributed by atoms with Crippen molar-refractivity contribution in [1.29, 1.82) is 0 Å². The first-order valence-electron chi connectivity index (χ1n) is 8.95. The molecule has 6 nitrogen and oxygen atoms in total. The first-order valence-corrected chi connectivity index (χ1v) is 8.95. The average molecular weight is 343 g/mol. The van der Waals surface area contributed by atoms with E-state index in [4.69, 9.17) is 5.73 Å². The van der Waals surface area contributed by atoms with Crippen molar-refractivity contribution in [2.45, 2.75) is 32.1 Å². The molecule has 6 heteroatoms. The van der Waals surface area contributed by atoms with E-state index in [0.29, 0.717) is 25.9 Å². The largest absolute Gasteiger partial charge is 0.369 e. The molecule has 2 atom stereocenters. The molecule has 1 aliphatic heterocycles. The average Bonchev–Trinajstić information content (AvgIpc) is 3.03. The smallest absolute Gasteiger partial charge is 0.222 e. The fraction of sp³-hybridized carbons (Fsp3) is 0.526. The van der Waals surface area contributed by atoms with Crippen LogP contribution in [0.1, 0.15) is 37.7 Å². The number of ketones is 1. The van der Waals surface area contributed by atoms with Crippen LogP contribution >= 0.6 is 0 Å². The standard InChI is InChI=1S/C19H25N3O3/c1-2-18(24)22-9-7-21(8-10-22)16-6-4-3-5-14(16)15-11-13(19(20)25)12-17(15)23/h3-6,13,15H,2,7-12H2,1H3,(H2,20,25)/t13-,15+/m1/s1. The number of amides is 2. The third-order valence-corrected chi connectivity index (χ3v) is 5.35. The SMILES string of the molecule is CCC(=O)N1CCN(c2ccccc2[C@@H]2C[C@@H](C(N)=O)CC2=O)CC1. The summed E-state index contributed by atoms with van der Waals surface area (Å²) in [6.07, 6.45) is 1.27. The number of hydrogen-bond acceptors (Lipinski definition) is 4. The van der Waals surface area contributed by atoms with E-state index in [-0.39, 0.29) is 35.9 Å². The Morgan fingerprint density at radius 3 is 2.44 bits per heavy atom. The Morgan fingerprint density at radius 1 is 1.16 bits per heavy atom. The molecule has 1 aromatic rings. The predicted octanol–water partition coefficient (Wildman–Crippen LogP) is 1.29. The molecule has 1 aromatic carbocycles. The number of carbonyl (C=O) groups is 3. The Bertz CT molecular complexity index is 680. The Hall–Kier alpha value is -2.37. The minimum Gasteiger partial charge on any atom is -0.369 e. The molecule has 0 spiro atoms. The van der Waals surface area contributed by atoms with Crippen molar-refractivity contribution >= 4 is 23.3 Å². The van der Waals surface area contributed by atoms with Crippen molar-refractivity contribution in [2.75, 3.05) is 31.1 Å². The van der Waals surface area contributed by atoms with Gasteiger partial charge in [0.2, 0.25) is 11.8 Å². The number of carbonyl (C=O) groups excluding carboxylic acids is 3. The van der Waals surface area contributed by atoms with E-state index in [1.807, 2.05) is 36.1 Å². The maximum absolute atomic E-state index is 12.4. The number of nitrogens with two attached hydrogens (primary N) is 1. The summed E-state index contributed by atoms with van der Waals surface area (Å²) in [6, 6.07) is 7.90. The van der Waals surface area contributed by atoms with Crippen molar-refractivity contribution in [3.05, 3.63) is 29.8 Å². The Kier molecular flexibility index (Phi) is 5.06. The van der Waals surface area contributed by atoms with Gasteiger partial charge in [-0.1, -0.05) is 25.1 Å². The molecule has 2 N–H and O–H groups in total. The van der Waals surface area contributed by atoms with Gasteiger partial charge < -0.3 is 15.5 Å². The second kappa shape index (κ2) is 7.25. The fourth-order valence-electron chi connectivity index (χ4n) is 3.89. The second-order valence-corrected chi connectivity index (χ2v) is 6.84. The molecule has 0 unspecified atom stereocenters. The predicted molar refractivity (Wildman–Crippen MR) is 95.2 cm³/mol. The van der Waals surface area contributed by atoms with E-state index < -0.39 is 0 Å². The van der Waals surface area contributed by atoms with E-state index in [9.17, 15) is 14.4 Å². The first kappa shape index (κ1) is 17.5. The molecule has 3 rings (SSSR count). The zero-order valence-corrected chi connectivity index (χ0v) is 14.6. The van der Waals surface area contributed by atoms with Crippen LogP contribution in [-0.2, 0) is 14.4 Å². The number of piperazine rings is 1. The van der Waals surface area contributed by atoms with Crippen molar-refractivity contribution < 1.29 is 14.4 Å². The van der Waals surface area contributed by atoms with Gasteiger partial charge in [-0.15, -0.1) is 0 Å². The highest BCUT2D eigenvalue weighted by Crippen LogP contribution is 2.39. The lowest BCUT2D eigenvalue weighted by molar-refractivity contribution is -0.131. The molecule has 0 radical (unpaired) electrons. The molecule has 25 heavy (non-hydrogen) atoms. The van der Waals surface area contributed by atoms with Gasteiger partial charge in [0.05, 0.1) is 0 Å². The Balaban J connectivity index is 1.77. The van der Waals surface area contributed by atoms with E-state index in [0.717, 1.165) is 24.3 Å². The first-order chi connectivity index (χ1) is 12.0. The van der Waals surface area contributed by atoms with Crippen molar-refractivity contribution in [1.82, 2.24) is 4.90 Å². The molecule has 2 amide bonds. The number of benzene rings is 1. The highest BCUT2D eigenvalue weighted by molar-refractivity contribution is 5.95. The highest BCUT2D eigenvalue weighted by Gasteiger charge is 2.38. The maximum atomic E-state index is 12.4. The molecule has 2 aliphatic rings. The summed E-state index contributed by atoms with van der Waals surface area (Å²) in [5, 5.41) is 0. The summed E-state index contributed by atoms with van der Waals surface area (Å²) >= 11 is 0. The van der Waals surface area contributed by atoms with E-state index in [1.165, 1.54) is 0 Å². The van der Waals surface area contributed by atoms with Crippen LogP contribution < -0.4 is 10.6 Å². The monoisotopic (exact) mass is 343 g/mol. The van der Waals surface area contributed by atoms with Crippen LogP contribution in [0.4, 0.5) is 5.69 Å². The van der Waals surface area contributed by atoms with Gasteiger partial charge in [-0.05, 0) is 18.1 Å². The molecule has 2 fully saturated rings. The van der Waals surface area contributed by atoms with Crippen LogP contribution in [0.2, 0.25) is 0 Å². The van der Waals surface area contributed by atoms with Crippen molar-refractivity contribution in [3.63, 3.8) is 0 Å². The van der Waals surface area contributed by atoms with Gasteiger partial charge in [-0.3, -0.25) is 14.4 Å². The quantitative estimate of drug-likeness (QED) is 0.893. The summed E-state index contributed by atoms with van der Waals surface area (Å²) < 4.78 is 0. The molecule has 0 aromatic heterocycles. The van der Waals surface area contributed by atoms with Gasteiger partial charge in [0.1, 0.15) is 5.78 Å². The van der Waals surface area contributed by atoms with Crippen LogP contribution in [0.3, 0.4) is 0 Å². The van der Waals surface area contributed by atoms with Gasteiger partial charge in [-0.25, -0.2) is 0 Å². The molecule has 134 valence electrons. The maximum Gasteiger partial charge on any atom is 0.222 e. The zero-order chi connectivity index (χ0) is 18.0. The number of nitrogens with zero attached hydrogens (tertiary/aromatic N) is 2. The molecule has 1 saturated heterocycles.